The Labute approximate surface area is 175 Å². The first-order valence-electron chi connectivity index (χ1n) is 9.40. The van der Waals surface area contributed by atoms with Gasteiger partial charge >= 0.3 is 11.8 Å². The number of nitrogens with one attached hydrogen (secondary N) is 1. The van der Waals surface area contributed by atoms with E-state index in [1.807, 2.05) is 24.3 Å². The summed E-state index contributed by atoms with van der Waals surface area (Å²) in [5, 5.41) is 2.47. The zero-order valence-corrected chi connectivity index (χ0v) is 16.8. The van der Waals surface area contributed by atoms with Gasteiger partial charge in [-0.1, -0.05) is 12.1 Å². The highest BCUT2D eigenvalue weighted by Gasteiger charge is 2.34. The number of ether oxygens (including phenoxy) is 2. The van der Waals surface area contributed by atoms with Crippen LogP contribution in [0.15, 0.2) is 57.7 Å². The molecule has 1 atom stereocenters. The van der Waals surface area contributed by atoms with Gasteiger partial charge in [-0.2, -0.15) is 13.2 Å². The zero-order chi connectivity index (χ0) is 22.6. The second-order valence-corrected chi connectivity index (χ2v) is 6.78. The summed E-state index contributed by atoms with van der Waals surface area (Å²) < 4.78 is 54.8. The molecule has 0 aliphatic rings. The molecule has 0 fully saturated rings. The Kier molecular flexibility index (Phi) is 6.53. The van der Waals surface area contributed by atoms with E-state index in [1.54, 1.807) is 7.11 Å². The molecule has 1 heterocycles. The van der Waals surface area contributed by atoms with Crippen molar-refractivity contribution in [2.45, 2.75) is 25.6 Å². The van der Waals surface area contributed by atoms with Gasteiger partial charge in [-0.3, -0.25) is 4.79 Å². The van der Waals surface area contributed by atoms with Crippen LogP contribution in [0, 0.1) is 0 Å². The lowest BCUT2D eigenvalue weighted by molar-refractivity contribution is -0.136. The van der Waals surface area contributed by atoms with Crippen molar-refractivity contribution in [3.63, 3.8) is 0 Å². The number of methoxy groups -OCH3 is 1. The third-order valence-electron chi connectivity index (χ3n) is 4.58. The molecule has 3 rings (SSSR count). The summed E-state index contributed by atoms with van der Waals surface area (Å²) in [7, 11) is 1.58. The van der Waals surface area contributed by atoms with Crippen molar-refractivity contribution in [3.8, 4) is 11.5 Å². The summed E-state index contributed by atoms with van der Waals surface area (Å²) in [6.07, 6.45) is -5.01. The fraction of sp³-hybridized carbons (Fsp3) is 0.273. The van der Waals surface area contributed by atoms with Crippen LogP contribution in [0.3, 0.4) is 0 Å². The molecular formula is C22H20F3NO5. The van der Waals surface area contributed by atoms with Crippen LogP contribution in [0.2, 0.25) is 0 Å². The lowest BCUT2D eigenvalue weighted by atomic mass is 10.1. The lowest BCUT2D eigenvalue weighted by Crippen LogP contribution is -2.37. The van der Waals surface area contributed by atoms with Crippen LogP contribution in [0.4, 0.5) is 13.2 Å². The number of carbonyl (C=O) groups excluding carboxylic acids is 1. The number of halogens is 3. The molecule has 1 amide bonds. The highest BCUT2D eigenvalue weighted by molar-refractivity contribution is 5.83. The van der Waals surface area contributed by atoms with Gasteiger partial charge in [-0.15, -0.1) is 0 Å². The second-order valence-electron chi connectivity index (χ2n) is 6.78. The van der Waals surface area contributed by atoms with Crippen molar-refractivity contribution < 1.29 is 31.9 Å². The van der Waals surface area contributed by atoms with E-state index in [0.29, 0.717) is 19.0 Å². The number of hydrogen-bond acceptors (Lipinski definition) is 5. The van der Waals surface area contributed by atoms with Crippen molar-refractivity contribution in [2.24, 2.45) is 0 Å². The van der Waals surface area contributed by atoms with Crippen LogP contribution in [0.1, 0.15) is 18.1 Å². The maximum absolute atomic E-state index is 13.1. The zero-order valence-electron chi connectivity index (χ0n) is 16.8. The van der Waals surface area contributed by atoms with Gasteiger partial charge in [0.25, 0.3) is 5.91 Å². The molecule has 3 aromatic rings. The molecule has 0 saturated carbocycles. The molecule has 1 aromatic heterocycles. The van der Waals surface area contributed by atoms with E-state index in [0.717, 1.165) is 23.4 Å². The number of carbonyl (C=O) groups is 1. The van der Waals surface area contributed by atoms with Crippen molar-refractivity contribution in [1.29, 1.82) is 0 Å². The summed E-state index contributed by atoms with van der Waals surface area (Å²) in [6, 6.07) is 11.4. The molecule has 0 saturated heterocycles. The summed E-state index contributed by atoms with van der Waals surface area (Å²) >= 11 is 0. The van der Waals surface area contributed by atoms with Crippen LogP contribution < -0.4 is 20.4 Å². The smallest absolute Gasteiger partial charge is 0.417 e. The molecule has 0 spiro atoms. The summed E-state index contributed by atoms with van der Waals surface area (Å²) in [5.74, 6) is 0.454. The van der Waals surface area contributed by atoms with Crippen LogP contribution in [0.5, 0.6) is 11.5 Å². The third-order valence-corrected chi connectivity index (χ3v) is 4.58. The second kappa shape index (κ2) is 9.11. The first-order chi connectivity index (χ1) is 14.7. The highest BCUT2D eigenvalue weighted by atomic mass is 19.4. The van der Waals surface area contributed by atoms with E-state index in [2.05, 4.69) is 5.32 Å². The summed E-state index contributed by atoms with van der Waals surface area (Å²) in [4.78, 5) is 23.7. The Balaban J connectivity index is 1.63. The van der Waals surface area contributed by atoms with Gasteiger partial charge in [0.15, 0.2) is 6.10 Å². The lowest BCUT2D eigenvalue weighted by Gasteiger charge is -2.15. The largest absolute Gasteiger partial charge is 0.497 e. The molecular weight excluding hydrogens is 415 g/mol. The van der Waals surface area contributed by atoms with E-state index in [1.165, 1.54) is 13.0 Å². The molecule has 9 heteroatoms. The predicted octanol–water partition coefficient (Wildman–Crippen LogP) is 3.95. The van der Waals surface area contributed by atoms with Crippen molar-refractivity contribution in [2.75, 3.05) is 13.7 Å². The minimum Gasteiger partial charge on any atom is -0.497 e. The number of rotatable bonds is 7. The van der Waals surface area contributed by atoms with E-state index < -0.39 is 23.5 Å². The van der Waals surface area contributed by atoms with Crippen LogP contribution in [0.25, 0.3) is 11.0 Å². The van der Waals surface area contributed by atoms with Crippen molar-refractivity contribution >= 4 is 16.9 Å². The van der Waals surface area contributed by atoms with Gasteiger partial charge in [0.05, 0.1) is 12.7 Å². The molecule has 1 unspecified atom stereocenters. The SMILES string of the molecule is COc1ccc(CCNC(=O)C(C)Oc2ccc3c(C(F)(F)F)cc(=O)oc3c2)cc1. The van der Waals surface area contributed by atoms with Crippen molar-refractivity contribution in [3.05, 3.63) is 70.1 Å². The fourth-order valence-corrected chi connectivity index (χ4v) is 2.97. The van der Waals surface area contributed by atoms with Gasteiger partial charge in [0.1, 0.15) is 17.1 Å². The first-order valence-corrected chi connectivity index (χ1v) is 9.40. The van der Waals surface area contributed by atoms with Gasteiger partial charge in [0, 0.05) is 24.1 Å². The Hall–Kier alpha value is -3.49. The van der Waals surface area contributed by atoms with Crippen LogP contribution in [-0.2, 0) is 17.4 Å². The molecule has 0 aliphatic carbocycles. The van der Waals surface area contributed by atoms with E-state index in [9.17, 15) is 22.8 Å². The average molecular weight is 435 g/mol. The van der Waals surface area contributed by atoms with E-state index >= 15 is 0 Å². The molecule has 0 bridgehead atoms. The number of fused-ring (bicyclic) bond motifs is 1. The number of benzene rings is 2. The minimum absolute atomic E-state index is 0.104. The molecule has 2 aromatic carbocycles. The number of hydrogen-bond donors (Lipinski definition) is 1. The fourth-order valence-electron chi connectivity index (χ4n) is 2.97. The molecule has 1 N–H and O–H groups in total. The predicted molar refractivity (Wildman–Crippen MR) is 107 cm³/mol. The van der Waals surface area contributed by atoms with Gasteiger partial charge in [-0.25, -0.2) is 4.79 Å². The molecule has 0 aliphatic heterocycles. The van der Waals surface area contributed by atoms with E-state index in [4.69, 9.17) is 13.9 Å². The van der Waals surface area contributed by atoms with Gasteiger partial charge in [0.2, 0.25) is 0 Å². The molecule has 0 radical (unpaired) electrons. The van der Waals surface area contributed by atoms with Crippen molar-refractivity contribution in [1.82, 2.24) is 5.32 Å². The quantitative estimate of drug-likeness (QED) is 0.569. The maximum atomic E-state index is 13.1. The van der Waals surface area contributed by atoms with Gasteiger partial charge < -0.3 is 19.2 Å². The Bertz CT molecular complexity index is 1120. The van der Waals surface area contributed by atoms with Gasteiger partial charge in [-0.05, 0) is 43.2 Å². The molecule has 6 nitrogen and oxygen atoms in total. The standard InChI is InChI=1S/C22H20F3NO5/c1-13(21(28)26-10-9-14-3-5-15(29-2)6-4-14)30-16-7-8-17-18(22(23,24)25)12-20(27)31-19(17)11-16/h3-8,11-13H,9-10H2,1-2H3,(H,26,28). The Morgan fingerprint density at radius 2 is 1.77 bits per heavy atom. The topological polar surface area (TPSA) is 77.8 Å². The Morgan fingerprint density at radius 1 is 1.10 bits per heavy atom. The monoisotopic (exact) mass is 435 g/mol. The number of amides is 1. The normalized spacial score (nSPS) is 12.4. The minimum atomic E-state index is -4.70. The number of alkyl halides is 3. The Morgan fingerprint density at radius 3 is 2.42 bits per heavy atom. The summed E-state index contributed by atoms with van der Waals surface area (Å²) in [6.45, 7) is 1.88. The first kappa shape index (κ1) is 22.2. The summed E-state index contributed by atoms with van der Waals surface area (Å²) in [5.41, 5.74) is -1.47. The average Bonchev–Trinajstić information content (AvgIpc) is 2.72. The maximum Gasteiger partial charge on any atom is 0.417 e. The van der Waals surface area contributed by atoms with Crippen LogP contribution >= 0.6 is 0 Å². The molecule has 31 heavy (non-hydrogen) atoms. The van der Waals surface area contributed by atoms with Crippen LogP contribution in [-0.4, -0.2) is 25.7 Å². The molecule has 164 valence electrons. The third kappa shape index (κ3) is 5.56. The van der Waals surface area contributed by atoms with E-state index in [-0.39, 0.29) is 22.6 Å². The highest BCUT2D eigenvalue weighted by Crippen LogP contribution is 2.34.